The Balaban J connectivity index is 1.77. The van der Waals surface area contributed by atoms with Gasteiger partial charge in [0, 0.05) is 24.7 Å². The Morgan fingerprint density at radius 3 is 2.42 bits per heavy atom. The Morgan fingerprint density at radius 2 is 1.81 bits per heavy atom. The second kappa shape index (κ2) is 11.5. The molecule has 3 amide bonds. The lowest BCUT2D eigenvalue weighted by atomic mass is 10.1. The van der Waals surface area contributed by atoms with Gasteiger partial charge in [-0.2, -0.15) is 0 Å². The number of H-pyrrole nitrogens is 1. The van der Waals surface area contributed by atoms with Crippen LogP contribution < -0.4 is 21.7 Å². The number of carboxylic acid groups (broad SMARTS) is 1. The maximum atomic E-state index is 12.3. The number of carbonyl (C=O) groups excluding carboxylic acids is 3. The maximum Gasteiger partial charge on any atom is 0.326 e. The van der Waals surface area contributed by atoms with Crippen molar-refractivity contribution in [3.8, 4) is 0 Å². The summed E-state index contributed by atoms with van der Waals surface area (Å²) in [6.07, 6.45) is 3.34. The third kappa shape index (κ3) is 7.90. The number of imidazole rings is 1. The van der Waals surface area contributed by atoms with Gasteiger partial charge in [0.15, 0.2) is 0 Å². The number of aromatic nitrogens is 2. The molecule has 0 saturated heterocycles. The van der Waals surface area contributed by atoms with Gasteiger partial charge in [-0.25, -0.2) is 9.78 Å². The molecule has 31 heavy (non-hydrogen) atoms. The maximum absolute atomic E-state index is 12.3. The number of carboxylic acids is 1. The van der Waals surface area contributed by atoms with Gasteiger partial charge in [-0.05, 0) is 12.5 Å². The summed E-state index contributed by atoms with van der Waals surface area (Å²) < 4.78 is 0. The molecule has 0 radical (unpaired) electrons. The lowest BCUT2D eigenvalue weighted by Crippen LogP contribution is -2.53. The van der Waals surface area contributed by atoms with Gasteiger partial charge in [0.2, 0.25) is 17.7 Å². The molecule has 1 aromatic carbocycles. The molecule has 2 aromatic rings. The van der Waals surface area contributed by atoms with Crippen molar-refractivity contribution in [1.29, 1.82) is 0 Å². The molecule has 11 heteroatoms. The third-order valence-corrected chi connectivity index (χ3v) is 4.42. The average Bonchev–Trinajstić information content (AvgIpc) is 3.25. The molecule has 7 N–H and O–H groups in total. The van der Waals surface area contributed by atoms with Gasteiger partial charge in [0.05, 0.1) is 18.9 Å². The van der Waals surface area contributed by atoms with E-state index in [0.717, 1.165) is 5.56 Å². The van der Waals surface area contributed by atoms with E-state index in [9.17, 15) is 24.3 Å². The zero-order chi connectivity index (χ0) is 22.8. The lowest BCUT2D eigenvalue weighted by molar-refractivity contribution is -0.142. The van der Waals surface area contributed by atoms with Crippen LogP contribution in [0.3, 0.4) is 0 Å². The quantitative estimate of drug-likeness (QED) is 0.257. The molecule has 1 aromatic heterocycles. The highest BCUT2D eigenvalue weighted by Crippen LogP contribution is 2.04. The Labute approximate surface area is 178 Å². The molecule has 11 nitrogen and oxygen atoms in total. The molecule has 0 aliphatic heterocycles. The first-order valence-electron chi connectivity index (χ1n) is 9.63. The summed E-state index contributed by atoms with van der Waals surface area (Å²) in [5, 5.41) is 16.6. The monoisotopic (exact) mass is 430 g/mol. The minimum atomic E-state index is -1.19. The molecule has 0 fully saturated rings. The number of aliphatic carboxylic acids is 1. The molecule has 3 unspecified atom stereocenters. The third-order valence-electron chi connectivity index (χ3n) is 4.42. The Kier molecular flexibility index (Phi) is 8.70. The molecule has 166 valence electrons. The van der Waals surface area contributed by atoms with Crippen LogP contribution in [0.4, 0.5) is 0 Å². The SMILES string of the molecule is CC(NC(=O)CNC(=O)C(N)Cc1cnc[nH]1)C(=O)NC(Cc1ccccc1)C(=O)O. The highest BCUT2D eigenvalue weighted by molar-refractivity contribution is 5.92. The number of nitrogens with zero attached hydrogens (tertiary/aromatic N) is 1. The first kappa shape index (κ1) is 23.5. The van der Waals surface area contributed by atoms with Crippen LogP contribution in [-0.2, 0) is 32.0 Å². The second-order valence-corrected chi connectivity index (χ2v) is 6.98. The van der Waals surface area contributed by atoms with Crippen LogP contribution in [0.1, 0.15) is 18.2 Å². The molecule has 3 atom stereocenters. The molecule has 2 rings (SSSR count). The number of carbonyl (C=O) groups is 4. The summed E-state index contributed by atoms with van der Waals surface area (Å²) >= 11 is 0. The van der Waals surface area contributed by atoms with E-state index >= 15 is 0 Å². The van der Waals surface area contributed by atoms with Crippen molar-refractivity contribution in [2.75, 3.05) is 6.54 Å². The Hall–Kier alpha value is -3.73. The van der Waals surface area contributed by atoms with Crippen LogP contribution in [0.25, 0.3) is 0 Å². The van der Waals surface area contributed by atoms with Gasteiger partial charge >= 0.3 is 5.97 Å². The van der Waals surface area contributed by atoms with Crippen molar-refractivity contribution >= 4 is 23.7 Å². The van der Waals surface area contributed by atoms with Gasteiger partial charge in [0.25, 0.3) is 0 Å². The fourth-order valence-corrected chi connectivity index (χ4v) is 2.73. The first-order valence-corrected chi connectivity index (χ1v) is 9.63. The number of hydrogen-bond acceptors (Lipinski definition) is 6. The molecule has 0 saturated carbocycles. The van der Waals surface area contributed by atoms with Crippen molar-refractivity contribution in [2.45, 2.75) is 37.9 Å². The predicted molar refractivity (Wildman–Crippen MR) is 111 cm³/mol. The van der Waals surface area contributed by atoms with Crippen LogP contribution in [0.5, 0.6) is 0 Å². The number of nitrogens with one attached hydrogen (secondary N) is 4. The van der Waals surface area contributed by atoms with E-state index in [1.165, 1.54) is 13.3 Å². The van der Waals surface area contributed by atoms with Crippen molar-refractivity contribution in [3.63, 3.8) is 0 Å². The van der Waals surface area contributed by atoms with Crippen LogP contribution in [0.2, 0.25) is 0 Å². The number of rotatable bonds is 11. The van der Waals surface area contributed by atoms with Gasteiger partial charge in [-0.1, -0.05) is 30.3 Å². The molecule has 0 aliphatic rings. The van der Waals surface area contributed by atoms with Crippen molar-refractivity contribution in [2.24, 2.45) is 5.73 Å². The van der Waals surface area contributed by atoms with E-state index in [1.807, 2.05) is 0 Å². The normalized spacial score (nSPS) is 13.5. The Bertz CT molecular complexity index is 887. The van der Waals surface area contributed by atoms with Gasteiger partial charge in [-0.15, -0.1) is 0 Å². The standard InChI is InChI=1S/C20H26N6O5/c1-12(18(28)26-16(20(30)31)7-13-5-3-2-4-6-13)25-17(27)10-23-19(29)15(21)8-14-9-22-11-24-14/h2-6,9,11-12,15-16H,7-8,10,21H2,1H3,(H,22,24)(H,23,29)(H,25,27)(H,26,28)(H,30,31). The highest BCUT2D eigenvalue weighted by atomic mass is 16.4. The number of aromatic amines is 1. The molecule has 1 heterocycles. The molecule has 0 spiro atoms. The van der Waals surface area contributed by atoms with E-state index in [2.05, 4.69) is 25.9 Å². The van der Waals surface area contributed by atoms with Crippen LogP contribution in [0.15, 0.2) is 42.9 Å². The molecular formula is C20H26N6O5. The van der Waals surface area contributed by atoms with Crippen LogP contribution in [0, 0.1) is 0 Å². The van der Waals surface area contributed by atoms with Crippen molar-refractivity contribution in [3.05, 3.63) is 54.1 Å². The number of amides is 3. The van der Waals surface area contributed by atoms with Crippen LogP contribution in [-0.4, -0.2) is 63.4 Å². The summed E-state index contributed by atoms with van der Waals surface area (Å²) in [4.78, 5) is 54.5. The first-order chi connectivity index (χ1) is 14.8. The average molecular weight is 430 g/mol. The van der Waals surface area contributed by atoms with E-state index < -0.39 is 41.8 Å². The topological polar surface area (TPSA) is 179 Å². The zero-order valence-electron chi connectivity index (χ0n) is 17.0. The zero-order valence-corrected chi connectivity index (χ0v) is 17.0. The lowest BCUT2D eigenvalue weighted by Gasteiger charge is -2.19. The smallest absolute Gasteiger partial charge is 0.326 e. The minimum absolute atomic E-state index is 0.104. The van der Waals surface area contributed by atoms with Gasteiger partial charge in [0.1, 0.15) is 12.1 Å². The minimum Gasteiger partial charge on any atom is -0.480 e. The van der Waals surface area contributed by atoms with Crippen molar-refractivity contribution < 1.29 is 24.3 Å². The fourth-order valence-electron chi connectivity index (χ4n) is 2.73. The molecule has 0 bridgehead atoms. The van der Waals surface area contributed by atoms with Crippen LogP contribution >= 0.6 is 0 Å². The number of nitrogens with two attached hydrogens (primary N) is 1. The van der Waals surface area contributed by atoms with E-state index in [-0.39, 0.29) is 19.4 Å². The highest BCUT2D eigenvalue weighted by Gasteiger charge is 2.24. The van der Waals surface area contributed by atoms with Gasteiger partial charge in [-0.3, -0.25) is 14.4 Å². The van der Waals surface area contributed by atoms with E-state index in [1.54, 1.807) is 36.5 Å². The summed E-state index contributed by atoms with van der Waals surface area (Å²) in [5.41, 5.74) is 7.21. The fraction of sp³-hybridized carbons (Fsp3) is 0.350. The molecule has 0 aliphatic carbocycles. The Morgan fingerprint density at radius 1 is 1.10 bits per heavy atom. The molecular weight excluding hydrogens is 404 g/mol. The van der Waals surface area contributed by atoms with Crippen molar-refractivity contribution in [1.82, 2.24) is 25.9 Å². The summed E-state index contributed by atoms with van der Waals surface area (Å²) in [5.74, 6) is -2.98. The largest absolute Gasteiger partial charge is 0.480 e. The second-order valence-electron chi connectivity index (χ2n) is 6.98. The number of hydrogen-bond donors (Lipinski definition) is 6. The van der Waals surface area contributed by atoms with E-state index in [0.29, 0.717) is 5.69 Å². The summed E-state index contributed by atoms with van der Waals surface area (Å²) in [6.45, 7) is 1.04. The van der Waals surface area contributed by atoms with Gasteiger partial charge < -0.3 is 31.8 Å². The number of benzene rings is 1. The summed E-state index contributed by atoms with van der Waals surface area (Å²) in [6, 6.07) is 5.85. The predicted octanol–water partition coefficient (Wildman–Crippen LogP) is -1.29. The van der Waals surface area contributed by atoms with E-state index in [4.69, 9.17) is 5.73 Å². The summed E-state index contributed by atoms with van der Waals surface area (Å²) in [7, 11) is 0.